The number of rotatable bonds is 3. The van der Waals surface area contributed by atoms with Crippen LogP contribution in [-0.4, -0.2) is 4.98 Å². The second-order valence-electron chi connectivity index (χ2n) is 4.44. The minimum atomic E-state index is -0.391. The molecule has 0 spiro atoms. The highest BCUT2D eigenvalue weighted by molar-refractivity contribution is 7.15. The summed E-state index contributed by atoms with van der Waals surface area (Å²) in [5, 5.41) is 0.704. The second kappa shape index (κ2) is 5.24. The number of nitrogens with zero attached hydrogens (tertiary/aromatic N) is 1. The summed E-state index contributed by atoms with van der Waals surface area (Å²) in [4.78, 5) is 5.41. The van der Waals surface area contributed by atoms with Gasteiger partial charge >= 0.3 is 0 Å². The number of benzene rings is 1. The molecule has 2 aromatic rings. The van der Waals surface area contributed by atoms with Crippen molar-refractivity contribution in [3.8, 4) is 0 Å². The van der Waals surface area contributed by atoms with Gasteiger partial charge in [0.15, 0.2) is 5.13 Å². The van der Waals surface area contributed by atoms with E-state index < -0.39 is 5.82 Å². The van der Waals surface area contributed by atoms with Crippen LogP contribution < -0.4 is 5.73 Å². The lowest BCUT2D eigenvalue weighted by Crippen LogP contribution is -1.96. The summed E-state index contributed by atoms with van der Waals surface area (Å²) in [6.45, 7) is 4.14. The van der Waals surface area contributed by atoms with Gasteiger partial charge in [0.1, 0.15) is 5.82 Å². The van der Waals surface area contributed by atoms with Gasteiger partial charge in [-0.1, -0.05) is 31.5 Å². The van der Waals surface area contributed by atoms with E-state index in [9.17, 15) is 4.39 Å². The number of aromatic nitrogens is 1. The quantitative estimate of drug-likeness (QED) is 0.916. The number of thiazole rings is 1. The zero-order chi connectivity index (χ0) is 13.3. The molecule has 5 heteroatoms. The molecule has 96 valence electrons. The molecule has 0 radical (unpaired) electrons. The summed E-state index contributed by atoms with van der Waals surface area (Å²) in [6.07, 6.45) is 0.635. The van der Waals surface area contributed by atoms with Crippen LogP contribution in [0.2, 0.25) is 5.02 Å². The fourth-order valence-corrected chi connectivity index (χ4v) is 2.93. The third-order valence-electron chi connectivity index (χ3n) is 2.64. The maximum atomic E-state index is 13.4. The largest absolute Gasteiger partial charge is 0.375 e. The molecule has 0 fully saturated rings. The molecule has 0 aliphatic heterocycles. The molecule has 0 saturated heterocycles. The monoisotopic (exact) mass is 284 g/mol. The second-order valence-corrected chi connectivity index (χ2v) is 5.96. The molecule has 0 unspecified atom stereocenters. The van der Waals surface area contributed by atoms with Crippen molar-refractivity contribution in [2.24, 2.45) is 0 Å². The third kappa shape index (κ3) is 2.82. The maximum absolute atomic E-state index is 13.4. The molecule has 0 aliphatic rings. The average Bonchev–Trinajstić information content (AvgIpc) is 2.65. The van der Waals surface area contributed by atoms with Crippen LogP contribution in [-0.2, 0) is 6.42 Å². The molecule has 1 aromatic heterocycles. The number of hydrogen-bond donors (Lipinski definition) is 1. The number of halogens is 2. The fourth-order valence-electron chi connectivity index (χ4n) is 1.80. The molecule has 0 atom stereocenters. The van der Waals surface area contributed by atoms with Crippen molar-refractivity contribution in [2.75, 3.05) is 5.73 Å². The van der Waals surface area contributed by atoms with Gasteiger partial charge in [0.25, 0.3) is 0 Å². The molecule has 0 aliphatic carbocycles. The van der Waals surface area contributed by atoms with E-state index in [1.165, 1.54) is 17.4 Å². The Morgan fingerprint density at radius 2 is 2.17 bits per heavy atom. The van der Waals surface area contributed by atoms with Gasteiger partial charge in [0, 0.05) is 11.3 Å². The minimum Gasteiger partial charge on any atom is -0.375 e. The Labute approximate surface area is 115 Å². The highest BCUT2D eigenvalue weighted by Gasteiger charge is 2.14. The summed E-state index contributed by atoms with van der Waals surface area (Å²) in [5.41, 5.74) is 7.61. The van der Waals surface area contributed by atoms with Crippen molar-refractivity contribution in [2.45, 2.75) is 26.2 Å². The Morgan fingerprint density at radius 1 is 1.44 bits per heavy atom. The zero-order valence-corrected chi connectivity index (χ0v) is 11.8. The third-order valence-corrected chi connectivity index (χ3v) is 3.85. The minimum absolute atomic E-state index is 0.145. The van der Waals surface area contributed by atoms with Gasteiger partial charge in [-0.2, -0.15) is 0 Å². The van der Waals surface area contributed by atoms with E-state index in [2.05, 4.69) is 18.8 Å². The molecule has 2 nitrogen and oxygen atoms in total. The first-order chi connectivity index (χ1) is 8.47. The highest BCUT2D eigenvalue weighted by Crippen LogP contribution is 2.29. The predicted octanol–water partition coefficient (Wildman–Crippen LogP) is 4.23. The fraction of sp³-hybridized carbons (Fsp3) is 0.308. The normalized spacial score (nSPS) is 11.2. The lowest BCUT2D eigenvalue weighted by Gasteiger charge is -2.05. The Bertz CT molecular complexity index is 566. The number of nitrogen functional groups attached to an aromatic ring is 1. The van der Waals surface area contributed by atoms with Crippen LogP contribution in [0.5, 0.6) is 0 Å². The van der Waals surface area contributed by atoms with Crippen LogP contribution in [0.4, 0.5) is 9.52 Å². The molecule has 0 amide bonds. The van der Waals surface area contributed by atoms with Crippen molar-refractivity contribution in [3.63, 3.8) is 0 Å². The van der Waals surface area contributed by atoms with E-state index in [1.54, 1.807) is 6.07 Å². The van der Waals surface area contributed by atoms with Crippen LogP contribution in [0.15, 0.2) is 18.2 Å². The predicted molar refractivity (Wildman–Crippen MR) is 74.8 cm³/mol. The first kappa shape index (κ1) is 13.3. The Balaban J connectivity index is 2.30. The smallest absolute Gasteiger partial charge is 0.180 e. The van der Waals surface area contributed by atoms with Gasteiger partial charge in [-0.15, -0.1) is 11.3 Å². The van der Waals surface area contributed by atoms with Crippen molar-refractivity contribution < 1.29 is 4.39 Å². The van der Waals surface area contributed by atoms with Gasteiger partial charge in [-0.05, 0) is 23.6 Å². The average molecular weight is 285 g/mol. The molecule has 1 heterocycles. The summed E-state index contributed by atoms with van der Waals surface area (Å²) in [7, 11) is 0. The van der Waals surface area contributed by atoms with Crippen molar-refractivity contribution in [1.82, 2.24) is 4.98 Å². The molecule has 1 aromatic carbocycles. The number of nitrogens with two attached hydrogens (primary N) is 1. The van der Waals surface area contributed by atoms with Crippen molar-refractivity contribution >= 4 is 28.1 Å². The van der Waals surface area contributed by atoms with E-state index >= 15 is 0 Å². The van der Waals surface area contributed by atoms with E-state index in [4.69, 9.17) is 17.3 Å². The Kier molecular flexibility index (Phi) is 3.88. The van der Waals surface area contributed by atoms with Gasteiger partial charge in [-0.25, -0.2) is 9.37 Å². The molecular formula is C13H14ClFN2S. The van der Waals surface area contributed by atoms with Crippen LogP contribution in [0.3, 0.4) is 0 Å². The molecule has 2 N–H and O–H groups in total. The highest BCUT2D eigenvalue weighted by atomic mass is 35.5. The molecule has 18 heavy (non-hydrogen) atoms. The van der Waals surface area contributed by atoms with Gasteiger partial charge in [0.05, 0.1) is 10.7 Å². The molecule has 0 bridgehead atoms. The topological polar surface area (TPSA) is 38.9 Å². The standard InChI is InChI=1S/C13H14ClFN2S/c1-7(2)12-11(18-13(16)17-12)6-8-3-4-9(14)10(15)5-8/h3-5,7H,6H2,1-2H3,(H2,16,17). The van der Waals surface area contributed by atoms with Gasteiger partial charge < -0.3 is 5.73 Å². The summed E-state index contributed by atoms with van der Waals surface area (Å²) < 4.78 is 13.4. The Morgan fingerprint density at radius 3 is 2.78 bits per heavy atom. The zero-order valence-electron chi connectivity index (χ0n) is 10.2. The summed E-state index contributed by atoms with van der Waals surface area (Å²) in [5.74, 6) is -0.0801. The van der Waals surface area contributed by atoms with E-state index in [0.29, 0.717) is 17.5 Å². The van der Waals surface area contributed by atoms with E-state index in [-0.39, 0.29) is 5.02 Å². The van der Waals surface area contributed by atoms with Crippen molar-refractivity contribution in [1.29, 1.82) is 0 Å². The van der Waals surface area contributed by atoms with E-state index in [0.717, 1.165) is 16.1 Å². The van der Waals surface area contributed by atoms with Gasteiger partial charge in [-0.3, -0.25) is 0 Å². The first-order valence-corrected chi connectivity index (χ1v) is 6.86. The SMILES string of the molecule is CC(C)c1nc(N)sc1Cc1ccc(Cl)c(F)c1. The molecule has 2 rings (SSSR count). The van der Waals surface area contributed by atoms with Crippen LogP contribution in [0, 0.1) is 5.82 Å². The van der Waals surface area contributed by atoms with E-state index in [1.807, 2.05) is 6.07 Å². The van der Waals surface area contributed by atoms with Crippen LogP contribution >= 0.6 is 22.9 Å². The summed E-state index contributed by atoms with van der Waals surface area (Å²) >= 11 is 7.12. The lowest BCUT2D eigenvalue weighted by molar-refractivity contribution is 0.626. The Hall–Kier alpha value is -1.13. The lowest BCUT2D eigenvalue weighted by atomic mass is 10.0. The van der Waals surface area contributed by atoms with Crippen LogP contribution in [0.25, 0.3) is 0 Å². The molecule has 0 saturated carbocycles. The number of hydrogen-bond acceptors (Lipinski definition) is 3. The first-order valence-electron chi connectivity index (χ1n) is 5.66. The summed E-state index contributed by atoms with van der Waals surface area (Å²) in [6, 6.07) is 4.86. The molecular weight excluding hydrogens is 271 g/mol. The van der Waals surface area contributed by atoms with Crippen molar-refractivity contribution in [3.05, 3.63) is 45.2 Å². The van der Waals surface area contributed by atoms with Crippen LogP contribution in [0.1, 0.15) is 35.9 Å². The van der Waals surface area contributed by atoms with Gasteiger partial charge in [0.2, 0.25) is 0 Å². The maximum Gasteiger partial charge on any atom is 0.180 e. The number of anilines is 1.